The molecule has 3 aromatic rings. The van der Waals surface area contributed by atoms with Crippen molar-refractivity contribution in [3.8, 4) is 23.1 Å². The maximum absolute atomic E-state index is 12.1. The average Bonchev–Trinajstić information content (AvgIpc) is 2.65. The van der Waals surface area contributed by atoms with Gasteiger partial charge in [-0.2, -0.15) is 10.1 Å². The van der Waals surface area contributed by atoms with Crippen molar-refractivity contribution in [3.63, 3.8) is 0 Å². The highest BCUT2D eigenvalue weighted by Crippen LogP contribution is 2.25. The van der Waals surface area contributed by atoms with Crippen LogP contribution in [0, 0.1) is 0 Å². The molecule has 0 spiro atoms. The fraction of sp³-hybridized carbons (Fsp3) is 0. The molecule has 130 valence electrons. The van der Waals surface area contributed by atoms with Gasteiger partial charge in [-0.3, -0.25) is 9.78 Å². The molecule has 1 aromatic carbocycles. The van der Waals surface area contributed by atoms with Crippen molar-refractivity contribution in [2.45, 2.75) is 0 Å². The Kier molecular flexibility index (Phi) is 4.99. The fourth-order valence-electron chi connectivity index (χ4n) is 1.93. The van der Waals surface area contributed by atoms with Gasteiger partial charge in [0.15, 0.2) is 5.82 Å². The number of phenolic OH excluding ortho intramolecular Hbond substituents is 1. The van der Waals surface area contributed by atoms with Gasteiger partial charge in [0, 0.05) is 24.2 Å². The quantitative estimate of drug-likeness (QED) is 0.470. The molecule has 0 aliphatic rings. The topological polar surface area (TPSA) is 133 Å². The van der Waals surface area contributed by atoms with Gasteiger partial charge in [-0.25, -0.2) is 15.4 Å². The normalized spacial score (nSPS) is 10.8. The number of nitrogens with zero attached hydrogens (tertiary/aromatic N) is 5. The van der Waals surface area contributed by atoms with Crippen molar-refractivity contribution in [2.24, 2.45) is 5.10 Å². The molecule has 3 N–H and O–H groups in total. The Bertz CT molecular complexity index is 981. The van der Waals surface area contributed by atoms with E-state index in [4.69, 9.17) is 11.6 Å². The molecule has 0 atom stereocenters. The zero-order valence-electron chi connectivity index (χ0n) is 13.0. The summed E-state index contributed by atoms with van der Waals surface area (Å²) >= 11 is 5.90. The van der Waals surface area contributed by atoms with E-state index in [1.54, 1.807) is 12.1 Å². The van der Waals surface area contributed by atoms with Crippen LogP contribution in [0.5, 0.6) is 11.6 Å². The molecule has 10 heteroatoms. The minimum Gasteiger partial charge on any atom is -0.506 e. The van der Waals surface area contributed by atoms with Crippen LogP contribution in [0.25, 0.3) is 11.5 Å². The van der Waals surface area contributed by atoms with E-state index < -0.39 is 11.8 Å². The van der Waals surface area contributed by atoms with E-state index in [2.05, 4.69) is 30.5 Å². The van der Waals surface area contributed by atoms with Crippen LogP contribution in [0.2, 0.25) is 5.02 Å². The Morgan fingerprint density at radius 2 is 2.04 bits per heavy atom. The number of carbonyl (C=O) groups is 1. The highest BCUT2D eigenvalue weighted by atomic mass is 35.5. The number of benzene rings is 1. The highest BCUT2D eigenvalue weighted by molar-refractivity contribution is 6.34. The first-order chi connectivity index (χ1) is 12.6. The standard InChI is InChI=1S/C16H11ClN6O3/c17-13-9(2-1-3-12(13)24)6-21-23-16(26)10-7-20-14(22-15(10)25)11-8-18-4-5-19-11/h1-8,24H,(H,23,26)(H,20,22,25). The lowest BCUT2D eigenvalue weighted by atomic mass is 10.2. The summed E-state index contributed by atoms with van der Waals surface area (Å²) in [5.74, 6) is -1.22. The molecular weight excluding hydrogens is 360 g/mol. The molecule has 3 rings (SSSR count). The minimum absolute atomic E-state index is 0.102. The third-order valence-electron chi connectivity index (χ3n) is 3.18. The van der Waals surface area contributed by atoms with Gasteiger partial charge in [0.05, 0.1) is 17.4 Å². The van der Waals surface area contributed by atoms with E-state index in [0.29, 0.717) is 11.3 Å². The van der Waals surface area contributed by atoms with Crippen LogP contribution in [0.4, 0.5) is 0 Å². The van der Waals surface area contributed by atoms with Crippen LogP contribution in [0.3, 0.4) is 0 Å². The smallest absolute Gasteiger partial charge is 0.278 e. The first kappa shape index (κ1) is 17.2. The van der Waals surface area contributed by atoms with Gasteiger partial charge in [0.1, 0.15) is 17.0 Å². The second kappa shape index (κ2) is 7.53. The first-order valence-electron chi connectivity index (χ1n) is 7.19. The van der Waals surface area contributed by atoms with Crippen molar-refractivity contribution in [1.29, 1.82) is 0 Å². The largest absolute Gasteiger partial charge is 0.506 e. The van der Waals surface area contributed by atoms with Gasteiger partial charge in [-0.15, -0.1) is 0 Å². The SMILES string of the molecule is O=C(NN=Cc1cccc(O)c1Cl)c1cnc(-c2cnccn2)nc1O. The van der Waals surface area contributed by atoms with Crippen LogP contribution in [0.1, 0.15) is 15.9 Å². The first-order valence-corrected chi connectivity index (χ1v) is 7.57. The predicted octanol–water partition coefficient (Wildman–Crippen LogP) is 1.76. The van der Waals surface area contributed by atoms with Gasteiger partial charge in [-0.05, 0) is 6.07 Å². The fourth-order valence-corrected chi connectivity index (χ4v) is 2.10. The van der Waals surface area contributed by atoms with Crippen molar-refractivity contribution in [1.82, 2.24) is 25.4 Å². The predicted molar refractivity (Wildman–Crippen MR) is 92.9 cm³/mol. The maximum atomic E-state index is 12.1. The Labute approximate surface area is 152 Å². The van der Waals surface area contributed by atoms with E-state index in [9.17, 15) is 15.0 Å². The van der Waals surface area contributed by atoms with E-state index in [1.807, 2.05) is 0 Å². The maximum Gasteiger partial charge on any atom is 0.278 e. The molecule has 0 saturated heterocycles. The molecule has 26 heavy (non-hydrogen) atoms. The Balaban J connectivity index is 1.74. The molecule has 1 amide bonds. The van der Waals surface area contributed by atoms with Gasteiger partial charge in [-0.1, -0.05) is 23.7 Å². The molecule has 0 aliphatic heterocycles. The number of halogens is 1. The van der Waals surface area contributed by atoms with Crippen molar-refractivity contribution in [3.05, 3.63) is 59.1 Å². The lowest BCUT2D eigenvalue weighted by Crippen LogP contribution is -2.18. The Hall–Kier alpha value is -3.59. The van der Waals surface area contributed by atoms with Crippen LogP contribution in [-0.2, 0) is 0 Å². The van der Waals surface area contributed by atoms with Gasteiger partial charge < -0.3 is 10.2 Å². The van der Waals surface area contributed by atoms with Crippen LogP contribution in [-0.4, -0.2) is 42.3 Å². The molecule has 0 bridgehead atoms. The van der Waals surface area contributed by atoms with Gasteiger partial charge in [0.25, 0.3) is 5.91 Å². The van der Waals surface area contributed by atoms with E-state index >= 15 is 0 Å². The second-order valence-corrected chi connectivity index (χ2v) is 5.28. The molecule has 0 saturated carbocycles. The second-order valence-electron chi connectivity index (χ2n) is 4.90. The monoisotopic (exact) mass is 370 g/mol. The van der Waals surface area contributed by atoms with Crippen LogP contribution in [0.15, 0.2) is 48.1 Å². The molecule has 0 radical (unpaired) electrons. The Morgan fingerprint density at radius 1 is 1.19 bits per heavy atom. The number of carbonyl (C=O) groups excluding carboxylic acids is 1. The summed E-state index contributed by atoms with van der Waals surface area (Å²) in [5.41, 5.74) is 2.81. The molecule has 9 nitrogen and oxygen atoms in total. The third-order valence-corrected chi connectivity index (χ3v) is 3.60. The number of hydrogen-bond donors (Lipinski definition) is 3. The van der Waals surface area contributed by atoms with E-state index in [0.717, 1.165) is 6.20 Å². The number of phenols is 1. The van der Waals surface area contributed by atoms with Gasteiger partial charge in [0.2, 0.25) is 5.88 Å². The zero-order valence-corrected chi connectivity index (χ0v) is 13.8. The molecular formula is C16H11ClN6O3. The summed E-state index contributed by atoms with van der Waals surface area (Å²) < 4.78 is 0. The summed E-state index contributed by atoms with van der Waals surface area (Å²) in [6.07, 6.45) is 6.78. The highest BCUT2D eigenvalue weighted by Gasteiger charge is 2.15. The molecule has 2 aromatic heterocycles. The summed E-state index contributed by atoms with van der Waals surface area (Å²) in [6.45, 7) is 0. The third kappa shape index (κ3) is 3.73. The van der Waals surface area contributed by atoms with Crippen LogP contribution >= 0.6 is 11.6 Å². The van der Waals surface area contributed by atoms with Crippen molar-refractivity contribution < 1.29 is 15.0 Å². The summed E-state index contributed by atoms with van der Waals surface area (Å²) in [5, 5.41) is 23.3. The number of amides is 1. The molecule has 0 fully saturated rings. The Morgan fingerprint density at radius 3 is 2.77 bits per heavy atom. The summed E-state index contributed by atoms with van der Waals surface area (Å²) in [7, 11) is 0. The number of hydrazone groups is 1. The summed E-state index contributed by atoms with van der Waals surface area (Å²) in [6, 6.07) is 4.61. The average molecular weight is 371 g/mol. The van der Waals surface area contributed by atoms with Crippen molar-refractivity contribution in [2.75, 3.05) is 0 Å². The zero-order chi connectivity index (χ0) is 18.5. The number of aromatic hydroxyl groups is 2. The van der Waals surface area contributed by atoms with Gasteiger partial charge >= 0.3 is 0 Å². The van der Waals surface area contributed by atoms with E-state index in [-0.39, 0.29) is 22.2 Å². The number of nitrogens with one attached hydrogen (secondary N) is 1. The van der Waals surface area contributed by atoms with Crippen molar-refractivity contribution >= 4 is 23.7 Å². The molecule has 2 heterocycles. The van der Waals surface area contributed by atoms with E-state index in [1.165, 1.54) is 30.9 Å². The minimum atomic E-state index is -0.722. The lowest BCUT2D eigenvalue weighted by molar-refractivity contribution is 0.0951. The number of aromatic nitrogens is 4. The number of rotatable bonds is 4. The lowest BCUT2D eigenvalue weighted by Gasteiger charge is -2.04. The molecule has 0 unspecified atom stereocenters. The molecule has 0 aliphatic carbocycles. The number of hydrogen-bond acceptors (Lipinski definition) is 8. The van der Waals surface area contributed by atoms with Crippen LogP contribution < -0.4 is 5.43 Å². The summed E-state index contributed by atoms with van der Waals surface area (Å²) in [4.78, 5) is 27.8.